The average molecular weight is 374 g/mol. The van der Waals surface area contributed by atoms with E-state index in [2.05, 4.69) is 23.0 Å². The summed E-state index contributed by atoms with van der Waals surface area (Å²) in [7, 11) is -0.685. The van der Waals surface area contributed by atoms with Crippen molar-refractivity contribution in [2.45, 2.75) is 45.4 Å². The fourth-order valence-corrected chi connectivity index (χ4v) is 8.23. The summed E-state index contributed by atoms with van der Waals surface area (Å²) in [6, 6.07) is 2.12. The van der Waals surface area contributed by atoms with Gasteiger partial charge in [-0.2, -0.15) is 5.10 Å². The van der Waals surface area contributed by atoms with Gasteiger partial charge in [0.25, 0.3) is 0 Å². The van der Waals surface area contributed by atoms with E-state index in [1.54, 1.807) is 0 Å². The standard InChI is InChI=1S/C22H27BN4O/c1-2-5-27-23(28)17-11-25-21-15(3-4-24-21)19(17)20(26-27)18-13-6-12-7-14-8-16(18)22(14,9-12)10-13/h3-4,11-14,16,18,28H,2,5-10H2,1H3,(H,24,25)/t12?,13?,14?,16?,18-,22?/m1/s1. The van der Waals surface area contributed by atoms with Gasteiger partial charge in [-0.15, -0.1) is 0 Å². The highest BCUT2D eigenvalue weighted by atomic mass is 16.2. The summed E-state index contributed by atoms with van der Waals surface area (Å²) < 4.78 is 0. The largest absolute Gasteiger partial charge is 0.468 e. The summed E-state index contributed by atoms with van der Waals surface area (Å²) in [5.74, 6) is 4.10. The van der Waals surface area contributed by atoms with Crippen LogP contribution < -0.4 is 5.46 Å². The number of rotatable bonds is 3. The van der Waals surface area contributed by atoms with Crippen LogP contribution in [-0.2, 0) is 0 Å². The zero-order valence-corrected chi connectivity index (χ0v) is 16.4. The predicted octanol–water partition coefficient (Wildman–Crippen LogP) is 2.75. The molecule has 4 fully saturated rings. The Hall–Kier alpha value is -1.82. The van der Waals surface area contributed by atoms with Crippen LogP contribution in [0.15, 0.2) is 23.6 Å². The van der Waals surface area contributed by atoms with Gasteiger partial charge < -0.3 is 14.9 Å². The fourth-order valence-electron chi connectivity index (χ4n) is 8.23. The maximum absolute atomic E-state index is 11.0. The lowest BCUT2D eigenvalue weighted by Gasteiger charge is -2.51. The monoisotopic (exact) mass is 374 g/mol. The van der Waals surface area contributed by atoms with Crippen LogP contribution >= 0.6 is 0 Å². The third kappa shape index (κ3) is 1.75. The van der Waals surface area contributed by atoms with Gasteiger partial charge in [0.05, 0.1) is 5.71 Å². The van der Waals surface area contributed by atoms with Gasteiger partial charge in [-0.1, -0.05) is 6.92 Å². The molecule has 3 heterocycles. The molecule has 2 aromatic heterocycles. The molecule has 0 aromatic carbocycles. The van der Waals surface area contributed by atoms with Crippen molar-refractivity contribution in [3.8, 4) is 0 Å². The molecule has 144 valence electrons. The first-order valence-corrected chi connectivity index (χ1v) is 11.2. The van der Waals surface area contributed by atoms with Gasteiger partial charge >= 0.3 is 7.05 Å². The van der Waals surface area contributed by atoms with Gasteiger partial charge in [0.1, 0.15) is 5.65 Å². The van der Waals surface area contributed by atoms with Gasteiger partial charge in [0.2, 0.25) is 0 Å². The van der Waals surface area contributed by atoms with Crippen molar-refractivity contribution in [3.05, 3.63) is 24.0 Å². The van der Waals surface area contributed by atoms with E-state index in [1.807, 2.05) is 17.3 Å². The van der Waals surface area contributed by atoms with Gasteiger partial charge in [-0.25, -0.2) is 4.98 Å². The molecule has 6 heteroatoms. The lowest BCUT2D eigenvalue weighted by atomic mass is 9.53. The summed E-state index contributed by atoms with van der Waals surface area (Å²) in [4.78, 5) is 9.78. The Morgan fingerprint density at radius 2 is 2.25 bits per heavy atom. The maximum atomic E-state index is 11.0. The Labute approximate surface area is 165 Å². The third-order valence-electron chi connectivity index (χ3n) is 9.03. The van der Waals surface area contributed by atoms with Crippen molar-refractivity contribution < 1.29 is 5.02 Å². The van der Waals surface area contributed by atoms with Crippen LogP contribution in [0, 0.1) is 35.0 Å². The molecule has 28 heavy (non-hydrogen) atoms. The Morgan fingerprint density at radius 1 is 1.32 bits per heavy atom. The molecule has 3 bridgehead atoms. The molecule has 2 aromatic rings. The molecule has 0 amide bonds. The fraction of sp³-hybridized carbons (Fsp3) is 0.636. The number of hydrogen-bond donors (Lipinski definition) is 2. The van der Waals surface area contributed by atoms with Gasteiger partial charge in [-0.3, -0.25) is 0 Å². The molecule has 0 saturated heterocycles. The van der Waals surface area contributed by atoms with Gasteiger partial charge in [-0.05, 0) is 73.7 Å². The van der Waals surface area contributed by atoms with Crippen LogP contribution in [0.25, 0.3) is 11.0 Å². The van der Waals surface area contributed by atoms with Crippen molar-refractivity contribution in [1.82, 2.24) is 14.9 Å². The molecule has 1 aliphatic heterocycles. The van der Waals surface area contributed by atoms with Crippen LogP contribution in [0.5, 0.6) is 0 Å². The topological polar surface area (TPSA) is 64.5 Å². The smallest absolute Gasteiger partial charge is 0.428 e. The zero-order valence-electron chi connectivity index (χ0n) is 16.4. The second kappa shape index (κ2) is 5.21. The van der Waals surface area contributed by atoms with Crippen molar-refractivity contribution in [2.24, 2.45) is 40.1 Å². The first-order chi connectivity index (χ1) is 13.7. The first kappa shape index (κ1) is 16.0. The number of H-pyrrole nitrogens is 1. The first-order valence-electron chi connectivity index (χ1n) is 11.2. The summed E-state index contributed by atoms with van der Waals surface area (Å²) in [6.07, 6.45) is 12.0. The van der Waals surface area contributed by atoms with E-state index in [0.29, 0.717) is 11.3 Å². The van der Waals surface area contributed by atoms with Crippen molar-refractivity contribution in [1.29, 1.82) is 0 Å². The molecular weight excluding hydrogens is 347 g/mol. The highest BCUT2D eigenvalue weighted by Gasteiger charge is 2.70. The summed E-state index contributed by atoms with van der Waals surface area (Å²) in [6.45, 7) is 2.94. The van der Waals surface area contributed by atoms with Crippen LogP contribution in [-0.4, -0.2) is 39.2 Å². The number of pyridine rings is 1. The second-order valence-corrected chi connectivity index (χ2v) is 10.2. The lowest BCUT2D eigenvalue weighted by molar-refractivity contribution is -0.00779. The molecule has 4 aliphatic carbocycles. The van der Waals surface area contributed by atoms with Crippen molar-refractivity contribution in [3.63, 3.8) is 0 Å². The highest BCUT2D eigenvalue weighted by Crippen LogP contribution is 2.77. The average Bonchev–Trinajstić information content (AvgIpc) is 3.29. The molecule has 4 saturated carbocycles. The minimum Gasteiger partial charge on any atom is -0.428 e. The van der Waals surface area contributed by atoms with Crippen molar-refractivity contribution >= 4 is 29.3 Å². The molecule has 1 spiro atoms. The van der Waals surface area contributed by atoms with E-state index >= 15 is 0 Å². The van der Waals surface area contributed by atoms with Gasteiger partial charge in [0.15, 0.2) is 0 Å². The minimum atomic E-state index is -0.685. The van der Waals surface area contributed by atoms with E-state index in [9.17, 15) is 5.02 Å². The van der Waals surface area contributed by atoms with Gasteiger partial charge in [0, 0.05) is 41.3 Å². The van der Waals surface area contributed by atoms with Crippen LogP contribution in [0.1, 0.15) is 51.0 Å². The van der Waals surface area contributed by atoms with E-state index in [4.69, 9.17) is 5.10 Å². The van der Waals surface area contributed by atoms with E-state index in [1.165, 1.54) is 43.4 Å². The number of hydrogen-bond acceptors (Lipinski definition) is 4. The van der Waals surface area contributed by atoms with Crippen LogP contribution in [0.4, 0.5) is 0 Å². The van der Waals surface area contributed by atoms with E-state index in [-0.39, 0.29) is 0 Å². The Morgan fingerprint density at radius 3 is 3.14 bits per heavy atom. The van der Waals surface area contributed by atoms with E-state index < -0.39 is 7.05 Å². The molecule has 0 radical (unpaired) electrons. The van der Waals surface area contributed by atoms with Crippen LogP contribution in [0.3, 0.4) is 0 Å². The third-order valence-corrected chi connectivity index (χ3v) is 9.03. The summed E-state index contributed by atoms with van der Waals surface area (Å²) in [5.41, 5.74) is 4.94. The maximum Gasteiger partial charge on any atom is 0.468 e. The molecule has 2 N–H and O–H groups in total. The Bertz CT molecular complexity index is 1020. The number of aromatic amines is 1. The molecule has 5 unspecified atom stereocenters. The van der Waals surface area contributed by atoms with Crippen LogP contribution in [0.2, 0.25) is 0 Å². The normalized spacial score (nSPS) is 39.9. The summed E-state index contributed by atoms with van der Waals surface area (Å²) in [5, 5.41) is 17.4. The molecule has 7 rings (SSSR count). The quantitative estimate of drug-likeness (QED) is 0.812. The predicted molar refractivity (Wildman–Crippen MR) is 110 cm³/mol. The SMILES string of the molecule is CCCN1N=C([C@@H]2C3CC4CC5CC2C5(C4)C3)c2c(cnc3[nH]ccc23)B1O. The molecule has 5 nitrogen and oxygen atoms in total. The molecular formula is C22H27BN4O. The second-order valence-electron chi connectivity index (χ2n) is 10.2. The summed E-state index contributed by atoms with van der Waals surface area (Å²) >= 11 is 0. The van der Waals surface area contributed by atoms with Crippen molar-refractivity contribution in [2.75, 3.05) is 6.54 Å². The zero-order chi connectivity index (χ0) is 18.6. The minimum absolute atomic E-state index is 0.563. The number of fused-ring (bicyclic) bond motifs is 5. The lowest BCUT2D eigenvalue weighted by Crippen LogP contribution is -2.54. The molecule has 6 atom stereocenters. The number of nitrogens with one attached hydrogen (secondary N) is 1. The Balaban J connectivity index is 1.42. The number of hydrazone groups is 1. The number of nitrogens with zero attached hydrogens (tertiary/aromatic N) is 3. The van der Waals surface area contributed by atoms with E-state index in [0.717, 1.165) is 53.1 Å². The highest BCUT2D eigenvalue weighted by molar-refractivity contribution is 6.66. The number of aromatic nitrogens is 2. The Kier molecular flexibility index (Phi) is 2.98. The molecule has 5 aliphatic rings.